The van der Waals surface area contributed by atoms with Crippen LogP contribution in [0.25, 0.3) is 0 Å². The van der Waals surface area contributed by atoms with E-state index in [1.54, 1.807) is 31.2 Å². The molecule has 0 saturated carbocycles. The van der Waals surface area contributed by atoms with Gasteiger partial charge in [-0.1, -0.05) is 52.5 Å². The molecule has 2 aromatic rings. The molecular formula is C20H22Cl3N3O3S. The number of carbonyl (C=O) groups is 1. The molecule has 0 aliphatic carbocycles. The van der Waals surface area contributed by atoms with Crippen LogP contribution in [0.4, 0.5) is 5.69 Å². The summed E-state index contributed by atoms with van der Waals surface area (Å²) < 4.78 is 27.1. The van der Waals surface area contributed by atoms with Crippen LogP contribution in [-0.4, -0.2) is 55.8 Å². The molecule has 6 nitrogen and oxygen atoms in total. The summed E-state index contributed by atoms with van der Waals surface area (Å²) in [5, 5.41) is 3.65. The van der Waals surface area contributed by atoms with Crippen LogP contribution in [0.2, 0.25) is 15.1 Å². The van der Waals surface area contributed by atoms with Crippen LogP contribution in [0.15, 0.2) is 41.3 Å². The van der Waals surface area contributed by atoms with E-state index >= 15 is 0 Å². The van der Waals surface area contributed by atoms with Crippen molar-refractivity contribution in [3.05, 3.63) is 57.0 Å². The highest BCUT2D eigenvalue weighted by Crippen LogP contribution is 2.32. The maximum atomic E-state index is 12.8. The van der Waals surface area contributed by atoms with Crippen molar-refractivity contribution in [1.29, 1.82) is 0 Å². The number of hydrogen-bond donors (Lipinski definition) is 1. The first-order valence-corrected chi connectivity index (χ1v) is 11.9. The molecule has 162 valence electrons. The van der Waals surface area contributed by atoms with Crippen molar-refractivity contribution in [3.63, 3.8) is 0 Å². The van der Waals surface area contributed by atoms with E-state index in [0.29, 0.717) is 46.9 Å². The molecule has 1 heterocycles. The van der Waals surface area contributed by atoms with Gasteiger partial charge in [-0.25, -0.2) is 8.42 Å². The molecule has 0 spiro atoms. The van der Waals surface area contributed by atoms with E-state index in [1.807, 2.05) is 11.8 Å². The van der Waals surface area contributed by atoms with Crippen LogP contribution in [0.5, 0.6) is 0 Å². The molecule has 2 aromatic carbocycles. The predicted octanol–water partition coefficient (Wildman–Crippen LogP) is 4.29. The highest BCUT2D eigenvalue weighted by Gasteiger charge is 2.32. The second-order valence-electron chi connectivity index (χ2n) is 7.16. The van der Waals surface area contributed by atoms with Gasteiger partial charge in [0, 0.05) is 26.2 Å². The van der Waals surface area contributed by atoms with Crippen molar-refractivity contribution in [2.75, 3.05) is 31.5 Å². The van der Waals surface area contributed by atoms with Crippen LogP contribution in [0.3, 0.4) is 0 Å². The molecule has 1 aliphatic rings. The van der Waals surface area contributed by atoms with Gasteiger partial charge in [0.05, 0.1) is 31.7 Å². The van der Waals surface area contributed by atoms with E-state index in [0.717, 1.165) is 5.56 Å². The molecule has 0 radical (unpaired) electrons. The van der Waals surface area contributed by atoms with Gasteiger partial charge in [-0.15, -0.1) is 0 Å². The van der Waals surface area contributed by atoms with Crippen LogP contribution in [0.1, 0.15) is 12.5 Å². The van der Waals surface area contributed by atoms with Crippen LogP contribution >= 0.6 is 34.8 Å². The zero-order valence-electron chi connectivity index (χ0n) is 16.5. The fourth-order valence-corrected chi connectivity index (χ4v) is 5.23. The number of nitrogens with zero attached hydrogens (tertiary/aromatic N) is 2. The second kappa shape index (κ2) is 9.42. The van der Waals surface area contributed by atoms with Gasteiger partial charge in [0.25, 0.3) is 0 Å². The summed E-state index contributed by atoms with van der Waals surface area (Å²) >= 11 is 18.0. The number of hydrogen-bond acceptors (Lipinski definition) is 4. The lowest BCUT2D eigenvalue weighted by atomic mass is 10.2. The number of anilines is 1. The molecule has 1 fully saturated rings. The third kappa shape index (κ3) is 5.10. The highest BCUT2D eigenvalue weighted by molar-refractivity contribution is 7.89. The molecule has 1 atom stereocenters. The third-order valence-electron chi connectivity index (χ3n) is 5.13. The van der Waals surface area contributed by atoms with Crippen LogP contribution in [-0.2, 0) is 14.8 Å². The van der Waals surface area contributed by atoms with Crippen LogP contribution < -0.4 is 5.32 Å². The maximum absolute atomic E-state index is 12.8. The van der Waals surface area contributed by atoms with Gasteiger partial charge >= 0.3 is 0 Å². The van der Waals surface area contributed by atoms with Crippen molar-refractivity contribution in [3.8, 4) is 0 Å². The van der Waals surface area contributed by atoms with Gasteiger partial charge in [0.2, 0.25) is 15.9 Å². The van der Waals surface area contributed by atoms with Gasteiger partial charge in [-0.3, -0.25) is 9.69 Å². The molecule has 10 heteroatoms. The number of aryl methyl sites for hydroxylation is 1. The molecular weight excluding hydrogens is 469 g/mol. The Kier molecular flexibility index (Phi) is 7.32. The van der Waals surface area contributed by atoms with Crippen molar-refractivity contribution in [1.82, 2.24) is 9.21 Å². The number of nitrogens with one attached hydrogen (secondary N) is 1. The Bertz CT molecular complexity index is 1040. The molecule has 1 saturated heterocycles. The Morgan fingerprint density at radius 3 is 2.13 bits per heavy atom. The van der Waals surface area contributed by atoms with Crippen molar-refractivity contribution >= 4 is 56.4 Å². The molecule has 0 aromatic heterocycles. The maximum Gasteiger partial charge on any atom is 0.243 e. The predicted molar refractivity (Wildman–Crippen MR) is 121 cm³/mol. The normalized spacial score (nSPS) is 17.0. The number of piperazine rings is 1. The average Bonchev–Trinajstić information content (AvgIpc) is 2.71. The summed E-state index contributed by atoms with van der Waals surface area (Å²) in [6.07, 6.45) is 0. The zero-order valence-corrected chi connectivity index (χ0v) is 19.6. The van der Waals surface area contributed by atoms with E-state index in [1.165, 1.54) is 16.4 Å². The van der Waals surface area contributed by atoms with Gasteiger partial charge in [0.15, 0.2) is 0 Å². The fraction of sp³-hybridized carbons (Fsp3) is 0.350. The molecule has 1 N–H and O–H groups in total. The smallest absolute Gasteiger partial charge is 0.243 e. The standard InChI is InChI=1S/C20H22Cl3N3O3S/c1-13-3-5-15(6-4-13)30(28,29)26-9-7-25(8-10-26)14(2)20(27)24-19-12-17(22)16(21)11-18(19)23/h3-6,11-12,14H,7-10H2,1-2H3,(H,24,27)/t14-/m0/s1. The summed E-state index contributed by atoms with van der Waals surface area (Å²) in [4.78, 5) is 14.9. The molecule has 1 amide bonds. The van der Waals surface area contributed by atoms with E-state index in [9.17, 15) is 13.2 Å². The van der Waals surface area contributed by atoms with Crippen molar-refractivity contribution in [2.24, 2.45) is 0 Å². The number of sulfonamides is 1. The topological polar surface area (TPSA) is 69.7 Å². The first-order valence-electron chi connectivity index (χ1n) is 9.36. The number of benzene rings is 2. The second-order valence-corrected chi connectivity index (χ2v) is 10.3. The Morgan fingerprint density at radius 2 is 1.53 bits per heavy atom. The Morgan fingerprint density at radius 1 is 0.967 bits per heavy atom. The summed E-state index contributed by atoms with van der Waals surface area (Å²) in [5.74, 6) is -0.259. The van der Waals surface area contributed by atoms with Crippen LogP contribution in [0, 0.1) is 6.92 Å². The fourth-order valence-electron chi connectivity index (χ4n) is 3.21. The van der Waals surface area contributed by atoms with Gasteiger partial charge in [-0.2, -0.15) is 4.31 Å². The zero-order chi connectivity index (χ0) is 22.1. The molecule has 30 heavy (non-hydrogen) atoms. The summed E-state index contributed by atoms with van der Waals surface area (Å²) in [6.45, 7) is 5.17. The minimum Gasteiger partial charge on any atom is -0.323 e. The largest absolute Gasteiger partial charge is 0.323 e. The quantitative estimate of drug-likeness (QED) is 0.635. The van der Waals surface area contributed by atoms with E-state index in [4.69, 9.17) is 34.8 Å². The summed E-state index contributed by atoms with van der Waals surface area (Å²) in [7, 11) is -3.55. The minimum absolute atomic E-state index is 0.259. The Balaban J connectivity index is 1.62. The average molecular weight is 491 g/mol. The highest BCUT2D eigenvalue weighted by atomic mass is 35.5. The lowest BCUT2D eigenvalue weighted by Crippen LogP contribution is -2.53. The lowest BCUT2D eigenvalue weighted by Gasteiger charge is -2.36. The first-order chi connectivity index (χ1) is 14.1. The molecule has 0 unspecified atom stereocenters. The Labute approximate surface area is 191 Å². The Hall–Kier alpha value is -1.35. The minimum atomic E-state index is -3.55. The van der Waals surface area contributed by atoms with Gasteiger partial charge in [-0.05, 0) is 38.1 Å². The number of carbonyl (C=O) groups excluding carboxylic acids is 1. The van der Waals surface area contributed by atoms with Crippen molar-refractivity contribution < 1.29 is 13.2 Å². The number of amides is 1. The van der Waals surface area contributed by atoms with E-state index in [2.05, 4.69) is 5.32 Å². The van der Waals surface area contributed by atoms with Gasteiger partial charge in [0.1, 0.15) is 0 Å². The summed E-state index contributed by atoms with van der Waals surface area (Å²) in [6, 6.07) is 9.30. The van der Waals surface area contributed by atoms with E-state index in [-0.39, 0.29) is 10.8 Å². The third-order valence-corrected chi connectivity index (χ3v) is 8.07. The number of rotatable bonds is 5. The number of halogens is 3. The molecule has 1 aliphatic heterocycles. The van der Waals surface area contributed by atoms with Crippen molar-refractivity contribution in [2.45, 2.75) is 24.8 Å². The lowest BCUT2D eigenvalue weighted by molar-refractivity contribution is -0.121. The summed E-state index contributed by atoms with van der Waals surface area (Å²) in [5.41, 5.74) is 1.38. The SMILES string of the molecule is Cc1ccc(S(=O)(=O)N2CCN([C@@H](C)C(=O)Nc3cc(Cl)c(Cl)cc3Cl)CC2)cc1. The molecule has 0 bridgehead atoms. The van der Waals surface area contributed by atoms with E-state index < -0.39 is 16.1 Å². The first kappa shape index (κ1) is 23.3. The monoisotopic (exact) mass is 489 g/mol. The molecule has 3 rings (SSSR count). The van der Waals surface area contributed by atoms with Gasteiger partial charge < -0.3 is 5.32 Å².